The predicted octanol–water partition coefficient (Wildman–Crippen LogP) is 2.63. The van der Waals surface area contributed by atoms with Crippen molar-refractivity contribution in [3.63, 3.8) is 0 Å². The van der Waals surface area contributed by atoms with Crippen LogP contribution in [0.5, 0.6) is 0 Å². The van der Waals surface area contributed by atoms with Crippen LogP contribution in [0, 0.1) is 0 Å². The SMILES string of the molecule is CCOC(=O)c1cc2cnc(Nc3ccc(N4CCNCC4)cn3)nc2n(C2CCCC2)c1=O. The number of carbonyl (C=O) groups is 1. The number of nitrogens with zero attached hydrogens (tertiary/aromatic N) is 5. The second-order valence-corrected chi connectivity index (χ2v) is 8.63. The molecule has 1 saturated heterocycles. The number of aromatic nitrogens is 4. The van der Waals surface area contributed by atoms with Gasteiger partial charge >= 0.3 is 5.97 Å². The zero-order valence-electron chi connectivity index (χ0n) is 19.3. The molecule has 10 heteroatoms. The van der Waals surface area contributed by atoms with Crippen LogP contribution in [0.25, 0.3) is 11.0 Å². The Balaban J connectivity index is 1.47. The van der Waals surface area contributed by atoms with E-state index in [4.69, 9.17) is 4.74 Å². The molecule has 2 aliphatic rings. The summed E-state index contributed by atoms with van der Waals surface area (Å²) in [7, 11) is 0. The van der Waals surface area contributed by atoms with E-state index >= 15 is 0 Å². The highest BCUT2D eigenvalue weighted by Gasteiger charge is 2.25. The predicted molar refractivity (Wildman–Crippen MR) is 130 cm³/mol. The van der Waals surface area contributed by atoms with Gasteiger partial charge in [0, 0.05) is 43.8 Å². The van der Waals surface area contributed by atoms with Gasteiger partial charge in [0.15, 0.2) is 0 Å². The molecular formula is C24H29N7O3. The largest absolute Gasteiger partial charge is 0.462 e. The summed E-state index contributed by atoms with van der Waals surface area (Å²) in [6, 6.07) is 5.47. The second-order valence-electron chi connectivity index (χ2n) is 8.63. The summed E-state index contributed by atoms with van der Waals surface area (Å²) in [4.78, 5) is 41.6. The lowest BCUT2D eigenvalue weighted by Gasteiger charge is -2.29. The highest BCUT2D eigenvalue weighted by atomic mass is 16.5. The van der Waals surface area contributed by atoms with E-state index in [0.717, 1.165) is 57.5 Å². The van der Waals surface area contributed by atoms with Gasteiger partial charge in [0.05, 0.1) is 18.5 Å². The smallest absolute Gasteiger partial charge is 0.343 e. The zero-order valence-corrected chi connectivity index (χ0v) is 19.3. The second kappa shape index (κ2) is 9.76. The molecule has 34 heavy (non-hydrogen) atoms. The maximum Gasteiger partial charge on any atom is 0.343 e. The average molecular weight is 464 g/mol. The third-order valence-corrected chi connectivity index (χ3v) is 6.43. The van der Waals surface area contributed by atoms with E-state index in [2.05, 4.69) is 30.5 Å². The number of hydrogen-bond acceptors (Lipinski definition) is 9. The highest BCUT2D eigenvalue weighted by Crippen LogP contribution is 2.31. The lowest BCUT2D eigenvalue weighted by Crippen LogP contribution is -2.43. The van der Waals surface area contributed by atoms with Gasteiger partial charge in [0.25, 0.3) is 5.56 Å². The number of fused-ring (bicyclic) bond motifs is 1. The summed E-state index contributed by atoms with van der Waals surface area (Å²) >= 11 is 0. The fraction of sp³-hybridized carbons (Fsp3) is 0.458. The van der Waals surface area contributed by atoms with Gasteiger partial charge < -0.3 is 20.3 Å². The van der Waals surface area contributed by atoms with E-state index in [-0.39, 0.29) is 23.8 Å². The third-order valence-electron chi connectivity index (χ3n) is 6.43. The number of nitrogens with one attached hydrogen (secondary N) is 2. The minimum absolute atomic E-state index is 0.00330. The van der Waals surface area contributed by atoms with E-state index in [1.165, 1.54) is 6.07 Å². The van der Waals surface area contributed by atoms with Crippen molar-refractivity contribution < 1.29 is 9.53 Å². The Kier molecular flexibility index (Phi) is 6.39. The van der Waals surface area contributed by atoms with E-state index in [1.807, 2.05) is 18.3 Å². The van der Waals surface area contributed by atoms with Crippen molar-refractivity contribution in [2.24, 2.45) is 0 Å². The fourth-order valence-corrected chi connectivity index (χ4v) is 4.72. The number of esters is 1. The lowest BCUT2D eigenvalue weighted by molar-refractivity contribution is 0.0523. The van der Waals surface area contributed by atoms with Crippen LogP contribution in [0.2, 0.25) is 0 Å². The lowest BCUT2D eigenvalue weighted by atomic mass is 10.1. The zero-order chi connectivity index (χ0) is 23.5. The van der Waals surface area contributed by atoms with Crippen LogP contribution >= 0.6 is 0 Å². The van der Waals surface area contributed by atoms with Crippen molar-refractivity contribution in [2.45, 2.75) is 38.6 Å². The molecule has 0 aromatic carbocycles. The first-order valence-corrected chi connectivity index (χ1v) is 11.9. The topological polar surface area (TPSA) is 114 Å². The summed E-state index contributed by atoms with van der Waals surface area (Å²) < 4.78 is 6.77. The van der Waals surface area contributed by atoms with Gasteiger partial charge in [0.1, 0.15) is 17.0 Å². The molecule has 5 rings (SSSR count). The minimum Gasteiger partial charge on any atom is -0.462 e. The Bertz CT molecular complexity index is 1230. The quantitative estimate of drug-likeness (QED) is 0.532. The monoisotopic (exact) mass is 463 g/mol. The normalized spacial score (nSPS) is 16.7. The van der Waals surface area contributed by atoms with E-state index in [0.29, 0.717) is 22.8 Å². The van der Waals surface area contributed by atoms with Gasteiger partial charge in [-0.1, -0.05) is 12.8 Å². The van der Waals surface area contributed by atoms with E-state index in [9.17, 15) is 9.59 Å². The van der Waals surface area contributed by atoms with Crippen molar-refractivity contribution in [3.8, 4) is 0 Å². The van der Waals surface area contributed by atoms with Gasteiger partial charge in [-0.25, -0.2) is 14.8 Å². The first-order chi connectivity index (χ1) is 16.6. The molecule has 178 valence electrons. The molecule has 0 amide bonds. The molecule has 1 saturated carbocycles. The van der Waals surface area contributed by atoms with Crippen LogP contribution in [-0.2, 0) is 4.74 Å². The molecule has 1 aliphatic carbocycles. The summed E-state index contributed by atoms with van der Waals surface area (Å²) in [6.45, 7) is 5.76. The molecule has 3 aromatic rings. The number of anilines is 3. The number of carbonyl (C=O) groups excluding carboxylic acids is 1. The first-order valence-electron chi connectivity index (χ1n) is 11.9. The first kappa shape index (κ1) is 22.3. The van der Waals surface area contributed by atoms with Crippen LogP contribution in [0.15, 0.2) is 35.4 Å². The Labute approximate surface area is 197 Å². The molecule has 0 bridgehead atoms. The molecule has 2 N–H and O–H groups in total. The maximum absolute atomic E-state index is 13.3. The fourth-order valence-electron chi connectivity index (χ4n) is 4.72. The molecular weight excluding hydrogens is 434 g/mol. The maximum atomic E-state index is 13.3. The van der Waals surface area contributed by atoms with Crippen molar-refractivity contribution in [2.75, 3.05) is 43.0 Å². The van der Waals surface area contributed by atoms with Gasteiger partial charge in [-0.2, -0.15) is 4.98 Å². The van der Waals surface area contributed by atoms with Crippen LogP contribution in [-0.4, -0.2) is 58.3 Å². The summed E-state index contributed by atoms with van der Waals surface area (Å²) in [5.41, 5.74) is 1.25. The van der Waals surface area contributed by atoms with Crippen molar-refractivity contribution in [1.29, 1.82) is 0 Å². The molecule has 10 nitrogen and oxygen atoms in total. The van der Waals surface area contributed by atoms with Gasteiger partial charge in [-0.05, 0) is 38.0 Å². The Morgan fingerprint density at radius 1 is 1.18 bits per heavy atom. The highest BCUT2D eigenvalue weighted by molar-refractivity contribution is 5.93. The third kappa shape index (κ3) is 4.45. The number of hydrogen-bond donors (Lipinski definition) is 2. The molecule has 4 heterocycles. The average Bonchev–Trinajstić information content (AvgIpc) is 3.39. The van der Waals surface area contributed by atoms with Crippen LogP contribution in [0.3, 0.4) is 0 Å². The Hall–Kier alpha value is -3.53. The number of piperazine rings is 1. The molecule has 0 unspecified atom stereocenters. The van der Waals surface area contributed by atoms with Crippen LogP contribution in [0.4, 0.5) is 17.5 Å². The van der Waals surface area contributed by atoms with Crippen molar-refractivity contribution >= 4 is 34.5 Å². The summed E-state index contributed by atoms with van der Waals surface area (Å²) in [5, 5.41) is 7.12. The molecule has 0 atom stereocenters. The van der Waals surface area contributed by atoms with Crippen molar-refractivity contribution in [1.82, 2.24) is 24.8 Å². The van der Waals surface area contributed by atoms with Crippen LogP contribution < -0.4 is 21.1 Å². The molecule has 3 aromatic heterocycles. The number of pyridine rings is 2. The van der Waals surface area contributed by atoms with Gasteiger partial charge in [0.2, 0.25) is 5.95 Å². The van der Waals surface area contributed by atoms with Gasteiger partial charge in [-0.3, -0.25) is 9.36 Å². The van der Waals surface area contributed by atoms with E-state index in [1.54, 1.807) is 17.7 Å². The molecule has 1 aliphatic heterocycles. The van der Waals surface area contributed by atoms with E-state index < -0.39 is 5.97 Å². The number of rotatable bonds is 6. The summed E-state index contributed by atoms with van der Waals surface area (Å²) in [5.74, 6) is 0.359. The van der Waals surface area contributed by atoms with Crippen LogP contribution in [0.1, 0.15) is 49.0 Å². The molecule has 2 fully saturated rings. The van der Waals surface area contributed by atoms with Crippen molar-refractivity contribution in [3.05, 3.63) is 46.5 Å². The Morgan fingerprint density at radius 2 is 1.97 bits per heavy atom. The molecule has 0 spiro atoms. The number of ether oxygens (including phenoxy) is 1. The standard InChI is InChI=1S/C24H29N7O3/c1-2-34-23(33)19-13-16-14-27-24(29-21(16)31(22(19)32)17-5-3-4-6-17)28-20-8-7-18(15-26-20)30-11-9-25-10-12-30/h7-8,13-15,17,25H,2-6,9-12H2,1H3,(H,26,27,28,29). The summed E-state index contributed by atoms with van der Waals surface area (Å²) in [6.07, 6.45) is 7.32. The molecule has 0 radical (unpaired) electrons. The van der Waals surface area contributed by atoms with Gasteiger partial charge in [-0.15, -0.1) is 0 Å². The Morgan fingerprint density at radius 3 is 2.68 bits per heavy atom. The minimum atomic E-state index is -0.614.